The summed E-state index contributed by atoms with van der Waals surface area (Å²) in [6.07, 6.45) is 7.70. The number of hydrogen-bond acceptors (Lipinski definition) is 8. The molecule has 55 heavy (non-hydrogen) atoms. The number of esters is 1. The highest BCUT2D eigenvalue weighted by Gasteiger charge is 2.37. The Morgan fingerprint density at radius 1 is 0.855 bits per heavy atom. The number of nitrogens with zero attached hydrogens (tertiary/aromatic N) is 4. The zero-order valence-corrected chi connectivity index (χ0v) is 33.1. The third-order valence-electron chi connectivity index (χ3n) is 12.3. The van der Waals surface area contributed by atoms with Gasteiger partial charge in [-0.2, -0.15) is 0 Å². The number of carbonyl (C=O) groups excluding carboxylic acids is 4. The minimum atomic E-state index is -0.995. The number of phenolic OH excluding ortho intramolecular Hbond substituents is 1. The summed E-state index contributed by atoms with van der Waals surface area (Å²) in [5, 5.41) is 13.5. The van der Waals surface area contributed by atoms with Crippen LogP contribution in [0, 0.1) is 25.7 Å². The molecule has 2 aromatic rings. The topological polar surface area (TPSA) is 132 Å². The highest BCUT2D eigenvalue weighted by atomic mass is 16.6. The molecule has 4 amide bonds. The second kappa shape index (κ2) is 19.0. The van der Waals surface area contributed by atoms with Gasteiger partial charge in [0.1, 0.15) is 5.75 Å². The molecule has 3 fully saturated rings. The van der Waals surface area contributed by atoms with Crippen molar-refractivity contribution in [1.82, 2.24) is 19.6 Å². The number of amides is 4. The highest BCUT2D eigenvalue weighted by Crippen LogP contribution is 2.33. The van der Waals surface area contributed by atoms with E-state index >= 15 is 0 Å². The molecule has 0 spiro atoms. The van der Waals surface area contributed by atoms with E-state index in [0.717, 1.165) is 81.3 Å². The largest absolute Gasteiger partial charge is 0.507 e. The van der Waals surface area contributed by atoms with Crippen LogP contribution >= 0.6 is 0 Å². The maximum Gasteiger partial charge on any atom is 0.410 e. The molecule has 4 aliphatic rings. The average Bonchev–Trinajstić information content (AvgIpc) is 3.36. The minimum absolute atomic E-state index is 0.00380. The molecule has 4 heterocycles. The Labute approximate surface area is 326 Å². The van der Waals surface area contributed by atoms with E-state index in [0.29, 0.717) is 81.7 Å². The van der Waals surface area contributed by atoms with Crippen molar-refractivity contribution in [3.05, 3.63) is 58.7 Å². The predicted octanol–water partition coefficient (Wildman–Crippen LogP) is 6.30. The number of aryl methyl sites for hydroxylation is 2. The van der Waals surface area contributed by atoms with Gasteiger partial charge < -0.3 is 34.6 Å². The number of para-hydroxylation sites is 1. The van der Waals surface area contributed by atoms with Crippen molar-refractivity contribution in [3.63, 3.8) is 0 Å². The molecule has 0 saturated carbocycles. The highest BCUT2D eigenvalue weighted by molar-refractivity contribution is 5.91. The van der Waals surface area contributed by atoms with Crippen molar-refractivity contribution in [2.24, 2.45) is 11.8 Å². The van der Waals surface area contributed by atoms with E-state index in [1.54, 1.807) is 4.90 Å². The lowest BCUT2D eigenvalue weighted by Gasteiger charge is -2.41. The average molecular weight is 760 g/mol. The zero-order chi connectivity index (χ0) is 38.9. The molecule has 12 nitrogen and oxygen atoms in total. The Balaban J connectivity index is 1.02. The van der Waals surface area contributed by atoms with E-state index < -0.39 is 12.2 Å². The maximum atomic E-state index is 14.2. The van der Waals surface area contributed by atoms with Gasteiger partial charge in [0.15, 0.2) is 6.10 Å². The van der Waals surface area contributed by atoms with Crippen LogP contribution in [0.3, 0.4) is 0 Å². The van der Waals surface area contributed by atoms with Gasteiger partial charge in [-0.15, -0.1) is 0 Å². The normalized spacial score (nSPS) is 19.7. The Morgan fingerprint density at radius 2 is 1.49 bits per heavy atom. The first kappa shape index (κ1) is 40.3. The van der Waals surface area contributed by atoms with Crippen molar-refractivity contribution in [2.75, 3.05) is 64.3 Å². The van der Waals surface area contributed by atoms with Crippen molar-refractivity contribution >= 4 is 29.7 Å². The van der Waals surface area contributed by atoms with Crippen LogP contribution in [0.5, 0.6) is 5.75 Å². The predicted molar refractivity (Wildman–Crippen MR) is 211 cm³/mol. The molecule has 300 valence electrons. The number of rotatable bonds is 12. The van der Waals surface area contributed by atoms with Gasteiger partial charge in [-0.1, -0.05) is 50.1 Å². The Morgan fingerprint density at radius 3 is 2.16 bits per heavy atom. The third kappa shape index (κ3) is 10.5. The number of urea groups is 1. The Bertz CT molecular complexity index is 1620. The SMILES string of the molecule is CCCCCOC(=O)CN1CCC(C2CCN(C(=O)[C@@H](Cc3cc(C)c(O)c(C)c3)OC(=O)N3CCC(N4CCc5ccccc5NC4=O)CC3)CC2)CC1. The number of piperidine rings is 3. The van der Waals surface area contributed by atoms with Gasteiger partial charge >= 0.3 is 18.1 Å². The van der Waals surface area contributed by atoms with E-state index in [4.69, 9.17) is 9.47 Å². The third-order valence-corrected chi connectivity index (χ3v) is 12.3. The Hall–Kier alpha value is -4.32. The molecular weight excluding hydrogens is 699 g/mol. The van der Waals surface area contributed by atoms with Gasteiger partial charge in [0.2, 0.25) is 0 Å². The van der Waals surface area contributed by atoms with E-state index in [-0.39, 0.29) is 36.1 Å². The molecule has 0 bridgehead atoms. The second-order valence-electron chi connectivity index (χ2n) is 16.1. The molecule has 2 N–H and O–H groups in total. The Kier molecular flexibility index (Phi) is 14.0. The fourth-order valence-electron chi connectivity index (χ4n) is 8.99. The molecule has 12 heteroatoms. The summed E-state index contributed by atoms with van der Waals surface area (Å²) in [5.74, 6) is 0.982. The van der Waals surface area contributed by atoms with Crippen LogP contribution in [-0.2, 0) is 31.9 Å². The molecule has 0 radical (unpaired) electrons. The first-order chi connectivity index (χ1) is 26.6. The number of hydrogen-bond donors (Lipinski definition) is 2. The lowest BCUT2D eigenvalue weighted by Crippen LogP contribution is -2.52. The van der Waals surface area contributed by atoms with Gasteiger partial charge in [-0.3, -0.25) is 14.5 Å². The van der Waals surface area contributed by atoms with Gasteiger partial charge in [-0.05, 0) is 118 Å². The van der Waals surface area contributed by atoms with E-state index in [9.17, 15) is 24.3 Å². The first-order valence-corrected chi connectivity index (χ1v) is 20.7. The summed E-state index contributed by atoms with van der Waals surface area (Å²) >= 11 is 0. The summed E-state index contributed by atoms with van der Waals surface area (Å²) in [7, 11) is 0. The number of anilines is 1. The van der Waals surface area contributed by atoms with Crippen molar-refractivity contribution in [3.8, 4) is 5.75 Å². The molecule has 1 atom stereocenters. The summed E-state index contributed by atoms with van der Waals surface area (Å²) in [4.78, 5) is 61.0. The van der Waals surface area contributed by atoms with Crippen LogP contribution in [0.4, 0.5) is 15.3 Å². The number of nitrogens with one attached hydrogen (secondary N) is 1. The number of aromatic hydroxyl groups is 1. The number of ether oxygens (including phenoxy) is 2. The summed E-state index contributed by atoms with van der Waals surface area (Å²) in [6.45, 7) is 11.1. The zero-order valence-electron chi connectivity index (χ0n) is 33.1. The molecule has 0 unspecified atom stereocenters. The molecule has 4 aliphatic heterocycles. The number of phenols is 1. The van der Waals surface area contributed by atoms with Crippen LogP contribution in [0.2, 0.25) is 0 Å². The van der Waals surface area contributed by atoms with Gasteiger partial charge in [0.25, 0.3) is 5.91 Å². The fourth-order valence-corrected chi connectivity index (χ4v) is 8.99. The molecule has 0 aliphatic carbocycles. The fraction of sp³-hybridized carbons (Fsp3) is 0.628. The first-order valence-electron chi connectivity index (χ1n) is 20.7. The monoisotopic (exact) mass is 759 g/mol. The van der Waals surface area contributed by atoms with Gasteiger partial charge in [0.05, 0.1) is 13.2 Å². The quantitative estimate of drug-likeness (QED) is 0.191. The van der Waals surface area contributed by atoms with Gasteiger partial charge in [0, 0.05) is 50.9 Å². The lowest BCUT2D eigenvalue weighted by atomic mass is 9.78. The van der Waals surface area contributed by atoms with Crippen molar-refractivity contribution in [2.45, 2.75) is 104 Å². The van der Waals surface area contributed by atoms with Crippen molar-refractivity contribution in [1.29, 1.82) is 0 Å². The van der Waals surface area contributed by atoms with Crippen LogP contribution < -0.4 is 5.32 Å². The standard InChI is InChI=1S/C43H61N5O7/c1-4-5-8-25-54-39(49)29-45-18-11-33(12-19-45)34-13-20-46(21-14-34)41(51)38(28-32-26-30(2)40(50)31(3)27-32)55-43(53)47-22-16-36(17-23-47)48-24-15-35-9-6-7-10-37(35)44-42(48)52/h6-7,9-10,26-27,33-34,36,38,50H,4-5,8,11-25,28-29H2,1-3H3,(H,44,52)/t38-/m1/s1. The van der Waals surface area contributed by atoms with E-state index in [2.05, 4.69) is 17.1 Å². The molecule has 6 rings (SSSR count). The van der Waals surface area contributed by atoms with Crippen LogP contribution in [0.1, 0.15) is 87.0 Å². The maximum absolute atomic E-state index is 14.2. The van der Waals surface area contributed by atoms with Crippen molar-refractivity contribution < 1.29 is 33.8 Å². The number of carbonyl (C=O) groups is 4. The molecule has 2 aromatic carbocycles. The lowest BCUT2D eigenvalue weighted by molar-refractivity contribution is -0.145. The molecule has 3 saturated heterocycles. The minimum Gasteiger partial charge on any atom is -0.507 e. The smallest absolute Gasteiger partial charge is 0.410 e. The second-order valence-corrected chi connectivity index (χ2v) is 16.1. The number of likely N-dealkylation sites (tertiary alicyclic amines) is 3. The van der Waals surface area contributed by atoms with Crippen LogP contribution in [0.25, 0.3) is 0 Å². The molecular formula is C43H61N5O7. The molecule has 0 aromatic heterocycles. The van der Waals surface area contributed by atoms with Crippen LogP contribution in [-0.4, -0.2) is 120 Å². The van der Waals surface area contributed by atoms with Crippen LogP contribution in [0.15, 0.2) is 36.4 Å². The summed E-state index contributed by atoms with van der Waals surface area (Å²) in [5.41, 5.74) is 4.23. The number of benzene rings is 2. The number of fused-ring (bicyclic) bond motifs is 1. The summed E-state index contributed by atoms with van der Waals surface area (Å²) in [6, 6.07) is 11.5. The summed E-state index contributed by atoms with van der Waals surface area (Å²) < 4.78 is 11.5. The van der Waals surface area contributed by atoms with E-state index in [1.165, 1.54) is 0 Å². The van der Waals surface area contributed by atoms with E-state index in [1.807, 2.05) is 60.0 Å². The number of unbranched alkanes of at least 4 members (excludes halogenated alkanes) is 2. The van der Waals surface area contributed by atoms with Gasteiger partial charge in [-0.25, -0.2) is 9.59 Å².